The molecule has 14 nitrogen and oxygen atoms in total. The molecule has 14 heteroatoms. The van der Waals surface area contributed by atoms with Gasteiger partial charge in [-0.3, -0.25) is 24.0 Å². The van der Waals surface area contributed by atoms with Gasteiger partial charge in [-0.1, -0.05) is 39.3 Å². The van der Waals surface area contributed by atoms with Crippen LogP contribution in [0, 0.1) is 11.8 Å². The van der Waals surface area contributed by atoms with Crippen LogP contribution in [0.4, 0.5) is 0 Å². The second kappa shape index (κ2) is 19.4. The minimum absolute atomic E-state index is 0.161. The topological polar surface area (TPSA) is 181 Å². The number of amides is 5. The van der Waals surface area contributed by atoms with Gasteiger partial charge >= 0.3 is 11.9 Å². The van der Waals surface area contributed by atoms with Crippen LogP contribution in [0.1, 0.15) is 74.7 Å². The monoisotopic (exact) mass is 663 g/mol. The summed E-state index contributed by atoms with van der Waals surface area (Å²) in [5.74, 6) is -4.83. The van der Waals surface area contributed by atoms with Crippen molar-refractivity contribution in [2.24, 2.45) is 11.8 Å². The van der Waals surface area contributed by atoms with Crippen LogP contribution >= 0.6 is 0 Å². The summed E-state index contributed by atoms with van der Waals surface area (Å²) in [7, 11) is 2.75. The number of hydrogen-bond donors (Lipinski definition) is 3. The molecule has 0 fully saturated rings. The number of hydrogen-bond acceptors (Lipinski definition) is 9. The molecule has 0 aromatic rings. The van der Waals surface area contributed by atoms with Crippen LogP contribution in [0.25, 0.3) is 0 Å². The maximum absolute atomic E-state index is 13.3. The van der Waals surface area contributed by atoms with Crippen LogP contribution in [0.15, 0.2) is 23.3 Å². The van der Waals surface area contributed by atoms with E-state index in [1.165, 1.54) is 27.9 Å². The van der Waals surface area contributed by atoms with E-state index in [0.717, 1.165) is 15.4 Å². The van der Waals surface area contributed by atoms with E-state index in [2.05, 4.69) is 16.0 Å². The number of rotatable bonds is 3. The lowest BCUT2D eigenvalue weighted by Gasteiger charge is -2.29. The molecule has 1 heterocycles. The second-order valence-corrected chi connectivity index (χ2v) is 12.3. The van der Waals surface area contributed by atoms with Gasteiger partial charge in [0.15, 0.2) is 6.61 Å². The lowest BCUT2D eigenvalue weighted by molar-refractivity contribution is -0.153. The molecule has 1 aliphatic rings. The number of carbonyl (C=O) groups is 7. The Kier molecular flexibility index (Phi) is 16.9. The SMILES string of the molecule is C/C=C(\C)[C@H]1OC(=O)[C@@H](C)NC(=O)[C@H]([C@H](C)CC)NC(=O)CN(C)C(=O)CN(C)C(=O)[C@H](C)NC(=O)COC(=O)/C(C)=C/CC[C@@H]1C. The summed E-state index contributed by atoms with van der Waals surface area (Å²) >= 11 is 0. The first-order chi connectivity index (χ1) is 21.9. The molecule has 1 aliphatic heterocycles. The average Bonchev–Trinajstić information content (AvgIpc) is 3.02. The van der Waals surface area contributed by atoms with Crippen molar-refractivity contribution < 1.29 is 43.0 Å². The predicted octanol–water partition coefficient (Wildman–Crippen LogP) is 1.24. The fraction of sp³-hybridized carbons (Fsp3) is 0.667. The number of cyclic esters (lactones) is 2. The van der Waals surface area contributed by atoms with Crippen LogP contribution in [0.3, 0.4) is 0 Å². The van der Waals surface area contributed by atoms with Crippen molar-refractivity contribution in [2.75, 3.05) is 33.8 Å². The predicted molar refractivity (Wildman–Crippen MR) is 174 cm³/mol. The fourth-order valence-electron chi connectivity index (χ4n) is 4.76. The third kappa shape index (κ3) is 13.2. The number of carbonyl (C=O) groups excluding carboxylic acids is 7. The molecule has 0 radical (unpaired) electrons. The summed E-state index contributed by atoms with van der Waals surface area (Å²) < 4.78 is 10.9. The summed E-state index contributed by atoms with van der Waals surface area (Å²) in [6.07, 6.45) is 4.44. The van der Waals surface area contributed by atoms with E-state index in [0.29, 0.717) is 19.3 Å². The first kappa shape index (κ1) is 40.8. The van der Waals surface area contributed by atoms with Crippen LogP contribution in [-0.4, -0.2) is 109 Å². The highest BCUT2D eigenvalue weighted by Gasteiger charge is 2.32. The molecule has 264 valence electrons. The van der Waals surface area contributed by atoms with Crippen LogP contribution in [-0.2, 0) is 43.0 Å². The highest BCUT2D eigenvalue weighted by molar-refractivity contribution is 5.94. The van der Waals surface area contributed by atoms with Crippen LogP contribution in [0.5, 0.6) is 0 Å². The summed E-state index contributed by atoms with van der Waals surface area (Å²) in [6.45, 7) is 12.3. The highest BCUT2D eigenvalue weighted by atomic mass is 16.5. The van der Waals surface area contributed by atoms with Gasteiger partial charge in [-0.2, -0.15) is 0 Å². The van der Waals surface area contributed by atoms with E-state index >= 15 is 0 Å². The van der Waals surface area contributed by atoms with E-state index < -0.39 is 78.9 Å². The molecule has 3 N–H and O–H groups in total. The van der Waals surface area contributed by atoms with E-state index in [1.54, 1.807) is 19.9 Å². The first-order valence-electron chi connectivity index (χ1n) is 16.0. The zero-order chi connectivity index (χ0) is 36.0. The summed E-state index contributed by atoms with van der Waals surface area (Å²) in [6, 6.07) is -3.05. The molecule has 0 unspecified atom stereocenters. The number of nitrogens with one attached hydrogen (secondary N) is 3. The molecular formula is C33H53N5O9. The quantitative estimate of drug-likeness (QED) is 0.296. The number of ether oxygens (including phenoxy) is 2. The Labute approximate surface area is 278 Å². The molecule has 0 aliphatic carbocycles. The van der Waals surface area contributed by atoms with Crippen molar-refractivity contribution in [1.29, 1.82) is 0 Å². The van der Waals surface area contributed by atoms with E-state index in [4.69, 9.17) is 9.47 Å². The molecule has 0 aromatic carbocycles. The molecule has 0 aromatic heterocycles. The van der Waals surface area contributed by atoms with Crippen LogP contribution in [0.2, 0.25) is 0 Å². The smallest absolute Gasteiger partial charge is 0.333 e. The third-order valence-corrected chi connectivity index (χ3v) is 8.22. The normalized spacial score (nSPS) is 28.3. The van der Waals surface area contributed by atoms with E-state index in [-0.39, 0.29) is 24.0 Å². The van der Waals surface area contributed by atoms with Gasteiger partial charge in [-0.15, -0.1) is 0 Å². The van der Waals surface area contributed by atoms with Gasteiger partial charge in [0.1, 0.15) is 24.2 Å². The van der Waals surface area contributed by atoms with Gasteiger partial charge < -0.3 is 35.2 Å². The van der Waals surface area contributed by atoms with Crippen molar-refractivity contribution in [3.05, 3.63) is 23.3 Å². The minimum atomic E-state index is -1.03. The van der Waals surface area contributed by atoms with Crippen molar-refractivity contribution >= 4 is 41.5 Å². The average molecular weight is 664 g/mol. The zero-order valence-electron chi connectivity index (χ0n) is 29.4. The molecule has 47 heavy (non-hydrogen) atoms. The molecule has 0 spiro atoms. The number of esters is 2. The largest absolute Gasteiger partial charge is 0.456 e. The molecule has 6 atom stereocenters. The van der Waals surface area contributed by atoms with Gasteiger partial charge in [0.05, 0.1) is 13.1 Å². The van der Waals surface area contributed by atoms with Crippen molar-refractivity contribution in [1.82, 2.24) is 25.8 Å². The Morgan fingerprint density at radius 3 is 2.19 bits per heavy atom. The number of allylic oxidation sites excluding steroid dienone is 2. The van der Waals surface area contributed by atoms with Crippen LogP contribution < -0.4 is 16.0 Å². The lowest BCUT2D eigenvalue weighted by atomic mass is 9.93. The van der Waals surface area contributed by atoms with Crippen molar-refractivity contribution in [2.45, 2.75) is 98.9 Å². The Morgan fingerprint density at radius 2 is 1.60 bits per heavy atom. The highest BCUT2D eigenvalue weighted by Crippen LogP contribution is 2.22. The van der Waals surface area contributed by atoms with Crippen molar-refractivity contribution in [3.63, 3.8) is 0 Å². The molecule has 0 saturated heterocycles. The number of nitrogens with zero attached hydrogens (tertiary/aromatic N) is 2. The molecular weight excluding hydrogens is 610 g/mol. The van der Waals surface area contributed by atoms with Gasteiger partial charge in [0.25, 0.3) is 5.91 Å². The zero-order valence-corrected chi connectivity index (χ0v) is 29.4. The second-order valence-electron chi connectivity index (χ2n) is 12.3. The Bertz CT molecular complexity index is 1230. The van der Waals surface area contributed by atoms with E-state index in [1.807, 2.05) is 33.8 Å². The first-order valence-corrected chi connectivity index (χ1v) is 16.0. The molecule has 1 rings (SSSR count). The minimum Gasteiger partial charge on any atom is -0.456 e. The summed E-state index contributed by atoms with van der Waals surface area (Å²) in [5, 5.41) is 7.77. The molecule has 5 amide bonds. The third-order valence-electron chi connectivity index (χ3n) is 8.22. The van der Waals surface area contributed by atoms with Gasteiger partial charge in [0, 0.05) is 19.7 Å². The lowest BCUT2D eigenvalue weighted by Crippen LogP contribution is -2.55. The fourth-order valence-corrected chi connectivity index (χ4v) is 4.76. The maximum Gasteiger partial charge on any atom is 0.333 e. The van der Waals surface area contributed by atoms with E-state index in [9.17, 15) is 33.6 Å². The standard InChI is InChI=1S/C33H53N5O9/c1-11-19(3)28-30(42)35-24(8)33(45)47-29(20(4)12-2)21(5)14-13-15-22(6)32(44)46-18-26(40)34-23(7)31(43)38(10)17-27(41)37(9)16-25(39)36-28/h12,15,19,21,23-24,28-29H,11,13-14,16-18H2,1-10H3,(H,34,40)(H,35,42)(H,36,39)/b20-12+,22-15+/t19-,21+,23+,24-,28+,29-/m1/s1. The molecule has 0 saturated carbocycles. The van der Waals surface area contributed by atoms with Crippen molar-refractivity contribution in [3.8, 4) is 0 Å². The molecule has 0 bridgehead atoms. The van der Waals surface area contributed by atoms with Gasteiger partial charge in [0.2, 0.25) is 23.6 Å². The summed E-state index contributed by atoms with van der Waals surface area (Å²) in [5.41, 5.74) is 1.10. The Balaban J connectivity index is 3.31. The number of likely N-dealkylation sites (N-methyl/N-ethyl adjacent to an activating group) is 2. The Hall–Kier alpha value is -4.23. The van der Waals surface area contributed by atoms with Gasteiger partial charge in [-0.25, -0.2) is 9.59 Å². The summed E-state index contributed by atoms with van der Waals surface area (Å²) in [4.78, 5) is 92.1. The Morgan fingerprint density at radius 1 is 0.957 bits per heavy atom. The van der Waals surface area contributed by atoms with Gasteiger partial charge in [-0.05, 0) is 64.9 Å². The maximum atomic E-state index is 13.3.